The van der Waals surface area contributed by atoms with Crippen molar-refractivity contribution in [3.63, 3.8) is 0 Å². The Balaban J connectivity index is 1.96. The second kappa shape index (κ2) is 4.69. The first-order chi connectivity index (χ1) is 8.15. The van der Waals surface area contributed by atoms with E-state index in [4.69, 9.17) is 5.73 Å². The number of aromatic amines is 1. The molecule has 0 saturated carbocycles. The number of hydrogen-bond donors (Lipinski definition) is 2. The van der Waals surface area contributed by atoms with E-state index < -0.39 is 0 Å². The van der Waals surface area contributed by atoms with Crippen molar-refractivity contribution < 1.29 is 0 Å². The zero-order valence-electron chi connectivity index (χ0n) is 9.17. The van der Waals surface area contributed by atoms with Crippen molar-refractivity contribution in [2.45, 2.75) is 19.5 Å². The third kappa shape index (κ3) is 2.83. The fourth-order valence-corrected chi connectivity index (χ4v) is 1.52. The molecule has 0 radical (unpaired) electrons. The van der Waals surface area contributed by atoms with E-state index in [-0.39, 0.29) is 11.1 Å². The molecule has 0 aliphatic carbocycles. The zero-order chi connectivity index (χ0) is 12.3. The second-order valence-corrected chi connectivity index (χ2v) is 3.66. The molecule has 0 amide bonds. The molecular weight excluding hydrogens is 222 g/mol. The highest BCUT2D eigenvalue weighted by molar-refractivity contribution is 5.23. The lowest BCUT2D eigenvalue weighted by molar-refractivity contribution is 0.483. The molecule has 0 aromatic carbocycles. The minimum absolute atomic E-state index is 0.218. The molecule has 0 unspecified atom stereocenters. The Morgan fingerprint density at radius 3 is 2.76 bits per heavy atom. The summed E-state index contributed by atoms with van der Waals surface area (Å²) in [6.07, 6.45) is 2.45. The molecule has 0 atom stereocenters. The van der Waals surface area contributed by atoms with Gasteiger partial charge in [0.25, 0.3) is 11.1 Å². The van der Waals surface area contributed by atoms with Gasteiger partial charge in [0, 0.05) is 31.4 Å². The van der Waals surface area contributed by atoms with Crippen molar-refractivity contribution >= 4 is 5.82 Å². The normalized spacial score (nSPS) is 10.6. The number of hydrogen-bond acceptors (Lipinski definition) is 4. The fraction of sp³-hybridized carbons (Fsp3) is 0.300. The first-order valence-corrected chi connectivity index (χ1v) is 5.24. The van der Waals surface area contributed by atoms with Crippen LogP contribution >= 0.6 is 0 Å². The lowest BCUT2D eigenvalue weighted by Gasteiger charge is -2.04. The van der Waals surface area contributed by atoms with Crippen molar-refractivity contribution in [3.8, 4) is 0 Å². The first kappa shape index (κ1) is 11.2. The Morgan fingerprint density at radius 1 is 1.24 bits per heavy atom. The molecule has 0 spiro atoms. The summed E-state index contributed by atoms with van der Waals surface area (Å²) in [5.74, 6) is 0.468. The van der Waals surface area contributed by atoms with E-state index in [2.05, 4.69) is 10.2 Å². The van der Waals surface area contributed by atoms with Gasteiger partial charge in [-0.3, -0.25) is 24.1 Å². The van der Waals surface area contributed by atoms with Crippen LogP contribution in [0.1, 0.15) is 6.42 Å². The predicted molar refractivity (Wildman–Crippen MR) is 62.6 cm³/mol. The monoisotopic (exact) mass is 235 g/mol. The number of nitrogens with one attached hydrogen (secondary N) is 1. The van der Waals surface area contributed by atoms with E-state index in [0.717, 1.165) is 0 Å². The average molecular weight is 235 g/mol. The Morgan fingerprint density at radius 2 is 2.06 bits per heavy atom. The summed E-state index contributed by atoms with van der Waals surface area (Å²) < 4.78 is 2.98. The van der Waals surface area contributed by atoms with E-state index in [1.165, 1.54) is 16.8 Å². The van der Waals surface area contributed by atoms with Crippen molar-refractivity contribution in [1.29, 1.82) is 0 Å². The summed E-state index contributed by atoms with van der Waals surface area (Å²) in [4.78, 5) is 22.4. The van der Waals surface area contributed by atoms with Gasteiger partial charge >= 0.3 is 0 Å². The summed E-state index contributed by atoms with van der Waals surface area (Å²) in [5.41, 5.74) is 4.97. The molecule has 2 aromatic heterocycles. The third-order valence-electron chi connectivity index (χ3n) is 2.32. The molecule has 0 aliphatic rings. The van der Waals surface area contributed by atoms with E-state index in [0.29, 0.717) is 25.3 Å². The van der Waals surface area contributed by atoms with Gasteiger partial charge in [-0.25, -0.2) is 0 Å². The van der Waals surface area contributed by atoms with E-state index in [1.54, 1.807) is 16.9 Å². The molecule has 2 rings (SSSR count). The van der Waals surface area contributed by atoms with E-state index >= 15 is 0 Å². The summed E-state index contributed by atoms with van der Waals surface area (Å²) in [5, 5.41) is 6.48. The quantitative estimate of drug-likeness (QED) is 0.739. The van der Waals surface area contributed by atoms with Crippen LogP contribution < -0.4 is 16.9 Å². The third-order valence-corrected chi connectivity index (χ3v) is 2.32. The summed E-state index contributed by atoms with van der Waals surface area (Å²) in [6, 6.07) is 4.17. The molecule has 7 heteroatoms. The van der Waals surface area contributed by atoms with Crippen molar-refractivity contribution in [2.75, 3.05) is 5.73 Å². The second-order valence-electron chi connectivity index (χ2n) is 3.66. The molecule has 90 valence electrons. The minimum Gasteiger partial charge on any atom is -0.382 e. The van der Waals surface area contributed by atoms with E-state index in [9.17, 15) is 9.59 Å². The van der Waals surface area contributed by atoms with E-state index in [1.807, 2.05) is 0 Å². The van der Waals surface area contributed by atoms with Crippen LogP contribution in [0.5, 0.6) is 0 Å². The Bertz CT molecular complexity index is 609. The summed E-state index contributed by atoms with van der Waals surface area (Å²) in [7, 11) is 0. The number of aromatic nitrogens is 4. The Kier molecular flexibility index (Phi) is 3.08. The maximum atomic E-state index is 11.4. The molecule has 2 aromatic rings. The maximum Gasteiger partial charge on any atom is 0.265 e. The van der Waals surface area contributed by atoms with Crippen LogP contribution in [0.25, 0.3) is 0 Å². The molecule has 17 heavy (non-hydrogen) atoms. The molecule has 0 saturated heterocycles. The van der Waals surface area contributed by atoms with Crippen molar-refractivity contribution in [2.24, 2.45) is 0 Å². The van der Waals surface area contributed by atoms with Gasteiger partial charge in [0.1, 0.15) is 5.82 Å². The largest absolute Gasteiger partial charge is 0.382 e. The van der Waals surface area contributed by atoms with Gasteiger partial charge in [-0.1, -0.05) is 0 Å². The van der Waals surface area contributed by atoms with Gasteiger partial charge in [-0.2, -0.15) is 5.10 Å². The highest BCUT2D eigenvalue weighted by Gasteiger charge is 1.98. The van der Waals surface area contributed by atoms with Crippen LogP contribution in [-0.2, 0) is 13.1 Å². The van der Waals surface area contributed by atoms with Gasteiger partial charge in [-0.05, 0) is 12.5 Å². The lowest BCUT2D eigenvalue weighted by atomic mass is 10.4. The van der Waals surface area contributed by atoms with Gasteiger partial charge in [-0.15, -0.1) is 0 Å². The Labute approximate surface area is 96.5 Å². The van der Waals surface area contributed by atoms with Crippen LogP contribution in [0.3, 0.4) is 0 Å². The maximum absolute atomic E-state index is 11.4. The fourth-order valence-electron chi connectivity index (χ4n) is 1.52. The zero-order valence-corrected chi connectivity index (χ0v) is 9.17. The predicted octanol–water partition coefficient (Wildman–Crippen LogP) is -0.594. The molecule has 7 nitrogen and oxygen atoms in total. The van der Waals surface area contributed by atoms with Crippen LogP contribution in [-0.4, -0.2) is 19.6 Å². The van der Waals surface area contributed by atoms with Crippen LogP contribution in [0, 0.1) is 0 Å². The van der Waals surface area contributed by atoms with Gasteiger partial charge < -0.3 is 5.73 Å². The smallest absolute Gasteiger partial charge is 0.265 e. The minimum atomic E-state index is -0.284. The lowest BCUT2D eigenvalue weighted by Crippen LogP contribution is -2.28. The number of aryl methyl sites for hydroxylation is 2. The SMILES string of the molecule is Nc1ccn(CCCn2[nH]c(=O)ccc2=O)n1. The molecule has 2 heterocycles. The topological polar surface area (TPSA) is 98.7 Å². The van der Waals surface area contributed by atoms with Crippen LogP contribution in [0.2, 0.25) is 0 Å². The van der Waals surface area contributed by atoms with Crippen LogP contribution in [0.15, 0.2) is 34.0 Å². The summed E-state index contributed by atoms with van der Waals surface area (Å²) >= 11 is 0. The number of anilines is 1. The molecule has 0 bridgehead atoms. The van der Waals surface area contributed by atoms with Crippen LogP contribution in [0.4, 0.5) is 5.82 Å². The highest BCUT2D eigenvalue weighted by Crippen LogP contribution is 1.97. The number of nitrogen functional groups attached to an aromatic ring is 1. The van der Waals surface area contributed by atoms with Crippen molar-refractivity contribution in [1.82, 2.24) is 19.6 Å². The van der Waals surface area contributed by atoms with Gasteiger partial charge in [0.2, 0.25) is 0 Å². The molecule has 0 aliphatic heterocycles. The number of nitrogens with zero attached hydrogens (tertiary/aromatic N) is 3. The van der Waals surface area contributed by atoms with Gasteiger partial charge in [0.15, 0.2) is 0 Å². The number of H-pyrrole nitrogens is 1. The molecule has 3 N–H and O–H groups in total. The molecule has 0 fully saturated rings. The Hall–Kier alpha value is -2.31. The van der Waals surface area contributed by atoms with Gasteiger partial charge in [0.05, 0.1) is 0 Å². The first-order valence-electron chi connectivity index (χ1n) is 5.24. The standard InChI is InChI=1S/C10H13N5O2/c11-8-4-7-14(12-8)5-1-6-15-10(17)3-2-9(16)13-15/h2-4,7H,1,5-6H2,(H2,11,12)(H,13,16). The average Bonchev–Trinajstić information content (AvgIpc) is 2.69. The number of nitrogens with two attached hydrogens (primary N) is 1. The van der Waals surface area contributed by atoms with Crippen molar-refractivity contribution in [3.05, 3.63) is 45.1 Å². The number of rotatable bonds is 4. The summed E-state index contributed by atoms with van der Waals surface area (Å²) in [6.45, 7) is 1.08. The molecular formula is C10H13N5O2. The highest BCUT2D eigenvalue weighted by atomic mass is 16.1.